The second kappa shape index (κ2) is 15.9. The normalized spacial score (nSPS) is 37.1. The van der Waals surface area contributed by atoms with Gasteiger partial charge in [0.05, 0.1) is 0 Å². The number of unbranched alkanes of at least 4 members (excludes halogenated alkanes) is 3. The van der Waals surface area contributed by atoms with Crippen molar-refractivity contribution < 1.29 is 5.11 Å². The van der Waals surface area contributed by atoms with Gasteiger partial charge >= 0.3 is 0 Å². The quantitative estimate of drug-likeness (QED) is 0.248. The minimum absolute atomic E-state index is 0.381. The number of hydrogen-bond donors (Lipinski definition) is 1. The van der Waals surface area contributed by atoms with Crippen LogP contribution in [-0.2, 0) is 0 Å². The molecule has 0 saturated heterocycles. The molecule has 0 heterocycles. The van der Waals surface area contributed by atoms with Crippen LogP contribution in [0.1, 0.15) is 156 Å². The summed E-state index contributed by atoms with van der Waals surface area (Å²) in [6.07, 6.45) is 30.7. The summed E-state index contributed by atoms with van der Waals surface area (Å²) >= 11 is 0. The average Bonchev–Trinajstić information content (AvgIpc) is 2.89. The zero-order valence-electron chi connectivity index (χ0n) is 23.6. The zero-order chi connectivity index (χ0) is 24.2. The lowest BCUT2D eigenvalue weighted by molar-refractivity contribution is 0.0374. The first-order valence-corrected chi connectivity index (χ1v) is 16.3. The van der Waals surface area contributed by atoms with E-state index in [1.54, 1.807) is 44.9 Å². The number of rotatable bonds is 14. The van der Waals surface area contributed by atoms with Crippen LogP contribution in [0.25, 0.3) is 0 Å². The van der Waals surface area contributed by atoms with Crippen LogP contribution in [0.2, 0.25) is 0 Å². The fraction of sp³-hybridized carbons (Fsp3) is 1.00. The summed E-state index contributed by atoms with van der Waals surface area (Å²) in [7, 11) is 0. The summed E-state index contributed by atoms with van der Waals surface area (Å²) < 4.78 is 0. The van der Waals surface area contributed by atoms with Gasteiger partial charge in [-0.2, -0.15) is 0 Å². The summed E-state index contributed by atoms with van der Waals surface area (Å²) in [4.78, 5) is 0. The van der Waals surface area contributed by atoms with Crippen LogP contribution in [0.3, 0.4) is 0 Å². The number of aliphatic hydroxyl groups is 1. The molecule has 34 heavy (non-hydrogen) atoms. The Bertz CT molecular complexity index is 507. The molecule has 0 spiro atoms. The molecule has 3 rings (SSSR count). The zero-order valence-corrected chi connectivity index (χ0v) is 23.6. The molecule has 3 fully saturated rings. The van der Waals surface area contributed by atoms with Gasteiger partial charge in [0.1, 0.15) is 0 Å². The minimum atomic E-state index is 0.381. The van der Waals surface area contributed by atoms with E-state index in [4.69, 9.17) is 5.11 Å². The van der Waals surface area contributed by atoms with Gasteiger partial charge in [0.15, 0.2) is 0 Å². The lowest BCUT2D eigenvalue weighted by atomic mass is 9.59. The van der Waals surface area contributed by atoms with E-state index in [-0.39, 0.29) is 0 Å². The predicted molar refractivity (Wildman–Crippen MR) is 149 cm³/mol. The SMILES string of the molecule is CCCCC1CCC(CCC2CCC(C3CCC(CCCCCO)CC3CC)C(CC)C2)CC1. The second-order valence-corrected chi connectivity index (χ2v) is 13.2. The molecule has 0 aromatic rings. The van der Waals surface area contributed by atoms with Crippen LogP contribution in [-0.4, -0.2) is 11.7 Å². The third-order valence-corrected chi connectivity index (χ3v) is 11.1. The lowest BCUT2D eigenvalue weighted by Gasteiger charge is -2.46. The van der Waals surface area contributed by atoms with E-state index in [0.717, 1.165) is 53.8 Å². The van der Waals surface area contributed by atoms with Gasteiger partial charge in [-0.15, -0.1) is 0 Å². The fourth-order valence-corrected chi connectivity index (χ4v) is 8.85. The van der Waals surface area contributed by atoms with Crippen LogP contribution < -0.4 is 0 Å². The molecule has 1 N–H and O–H groups in total. The summed E-state index contributed by atoms with van der Waals surface area (Å²) in [6, 6.07) is 0. The van der Waals surface area contributed by atoms with Gasteiger partial charge < -0.3 is 5.11 Å². The van der Waals surface area contributed by atoms with Gasteiger partial charge in [0.25, 0.3) is 0 Å². The summed E-state index contributed by atoms with van der Waals surface area (Å²) in [5.74, 6) is 8.23. The Morgan fingerprint density at radius 2 is 0.971 bits per heavy atom. The maximum atomic E-state index is 9.06. The van der Waals surface area contributed by atoms with Crippen LogP contribution in [0.4, 0.5) is 0 Å². The van der Waals surface area contributed by atoms with Crippen LogP contribution >= 0.6 is 0 Å². The smallest absolute Gasteiger partial charge is 0.0431 e. The Hall–Kier alpha value is -0.0400. The Morgan fingerprint density at radius 3 is 1.50 bits per heavy atom. The highest BCUT2D eigenvalue weighted by Gasteiger charge is 2.40. The van der Waals surface area contributed by atoms with E-state index in [1.165, 1.54) is 83.5 Å². The highest BCUT2D eigenvalue weighted by Crippen LogP contribution is 2.50. The van der Waals surface area contributed by atoms with Gasteiger partial charge in [0, 0.05) is 6.61 Å². The first-order valence-electron chi connectivity index (χ1n) is 16.3. The highest BCUT2D eigenvalue weighted by molar-refractivity contribution is 4.90. The van der Waals surface area contributed by atoms with E-state index in [1.807, 2.05) is 0 Å². The molecule has 0 aromatic heterocycles. The summed E-state index contributed by atoms with van der Waals surface area (Å²) in [6.45, 7) is 7.71. The Balaban J connectivity index is 1.40. The van der Waals surface area contributed by atoms with Crippen molar-refractivity contribution in [3.63, 3.8) is 0 Å². The summed E-state index contributed by atoms with van der Waals surface area (Å²) in [5.41, 5.74) is 0. The molecule has 3 saturated carbocycles. The maximum absolute atomic E-state index is 9.06. The lowest BCUT2D eigenvalue weighted by Crippen LogP contribution is -2.37. The molecular formula is C33H62O. The number of aliphatic hydroxyl groups excluding tert-OH is 1. The largest absolute Gasteiger partial charge is 0.396 e. The minimum Gasteiger partial charge on any atom is -0.396 e. The second-order valence-electron chi connectivity index (χ2n) is 13.2. The van der Waals surface area contributed by atoms with Crippen molar-refractivity contribution in [1.29, 1.82) is 0 Å². The maximum Gasteiger partial charge on any atom is 0.0431 e. The predicted octanol–water partition coefficient (Wildman–Crippen LogP) is 10.2. The molecule has 0 amide bonds. The molecular weight excluding hydrogens is 412 g/mol. The van der Waals surface area contributed by atoms with Gasteiger partial charge in [-0.05, 0) is 79.4 Å². The first-order chi connectivity index (χ1) is 16.7. The molecule has 3 aliphatic carbocycles. The third-order valence-electron chi connectivity index (χ3n) is 11.1. The molecule has 1 nitrogen and oxygen atoms in total. The van der Waals surface area contributed by atoms with E-state index >= 15 is 0 Å². The van der Waals surface area contributed by atoms with Crippen molar-refractivity contribution >= 4 is 0 Å². The molecule has 1 heteroatoms. The van der Waals surface area contributed by atoms with Crippen molar-refractivity contribution in [2.45, 2.75) is 156 Å². The number of hydrogen-bond acceptors (Lipinski definition) is 1. The molecule has 0 aromatic carbocycles. The van der Waals surface area contributed by atoms with Gasteiger partial charge in [-0.1, -0.05) is 124 Å². The van der Waals surface area contributed by atoms with Crippen molar-refractivity contribution in [3.05, 3.63) is 0 Å². The molecule has 0 bridgehead atoms. The van der Waals surface area contributed by atoms with Crippen molar-refractivity contribution in [1.82, 2.24) is 0 Å². The first kappa shape index (κ1) is 28.5. The molecule has 3 aliphatic rings. The standard InChI is InChI=1S/C33H62O/c1-4-7-11-26-13-15-27(16-14-26)17-18-29-20-22-33(31(6-3)25-29)32-21-19-28(24-30(32)5-2)12-9-8-10-23-34/h26-34H,4-25H2,1-3H3. The Labute approximate surface area is 214 Å². The average molecular weight is 475 g/mol. The van der Waals surface area contributed by atoms with Crippen molar-refractivity contribution in [2.24, 2.45) is 47.3 Å². The van der Waals surface area contributed by atoms with E-state index < -0.39 is 0 Å². The molecule has 6 unspecified atom stereocenters. The molecule has 0 aliphatic heterocycles. The third kappa shape index (κ3) is 8.81. The van der Waals surface area contributed by atoms with E-state index in [9.17, 15) is 0 Å². The topological polar surface area (TPSA) is 20.2 Å². The van der Waals surface area contributed by atoms with Gasteiger partial charge in [0.2, 0.25) is 0 Å². The molecule has 200 valence electrons. The van der Waals surface area contributed by atoms with E-state index in [0.29, 0.717) is 6.61 Å². The van der Waals surface area contributed by atoms with Crippen LogP contribution in [0.5, 0.6) is 0 Å². The van der Waals surface area contributed by atoms with Crippen molar-refractivity contribution in [2.75, 3.05) is 6.61 Å². The van der Waals surface area contributed by atoms with Crippen LogP contribution in [0.15, 0.2) is 0 Å². The summed E-state index contributed by atoms with van der Waals surface area (Å²) in [5, 5.41) is 9.06. The monoisotopic (exact) mass is 474 g/mol. The Morgan fingerprint density at radius 1 is 0.500 bits per heavy atom. The van der Waals surface area contributed by atoms with Crippen LogP contribution in [0, 0.1) is 47.3 Å². The van der Waals surface area contributed by atoms with Gasteiger partial charge in [-0.3, -0.25) is 0 Å². The van der Waals surface area contributed by atoms with Crippen molar-refractivity contribution in [3.8, 4) is 0 Å². The fourth-order valence-electron chi connectivity index (χ4n) is 8.85. The molecule has 6 atom stereocenters. The Kier molecular flexibility index (Phi) is 13.4. The highest BCUT2D eigenvalue weighted by atomic mass is 16.2. The van der Waals surface area contributed by atoms with Gasteiger partial charge in [-0.25, -0.2) is 0 Å². The van der Waals surface area contributed by atoms with E-state index in [2.05, 4.69) is 20.8 Å². The molecule has 0 radical (unpaired) electrons.